The number of benzene rings is 1. The van der Waals surface area contributed by atoms with Gasteiger partial charge in [-0.1, -0.05) is 30.3 Å². The van der Waals surface area contributed by atoms with Crippen LogP contribution in [0.3, 0.4) is 0 Å². The number of amidine groups is 1. The van der Waals surface area contributed by atoms with Crippen molar-refractivity contribution < 1.29 is 0 Å². The van der Waals surface area contributed by atoms with E-state index in [4.69, 9.17) is 5.73 Å². The van der Waals surface area contributed by atoms with Crippen LogP contribution in [0.1, 0.15) is 0 Å². The Kier molecular flexibility index (Phi) is 3.31. The summed E-state index contributed by atoms with van der Waals surface area (Å²) < 4.78 is 0.326. The van der Waals surface area contributed by atoms with Gasteiger partial charge >= 0.3 is 0 Å². The van der Waals surface area contributed by atoms with Crippen molar-refractivity contribution in [3.63, 3.8) is 0 Å². The van der Waals surface area contributed by atoms with E-state index in [-0.39, 0.29) is 0 Å². The number of pyridine rings is 1. The van der Waals surface area contributed by atoms with Gasteiger partial charge in [-0.05, 0) is 33.6 Å². The second kappa shape index (κ2) is 4.90. The Balaban J connectivity index is 2.30. The molecule has 0 atom stereocenters. The van der Waals surface area contributed by atoms with Crippen LogP contribution in [-0.4, -0.2) is 9.73 Å². The third-order valence-electron chi connectivity index (χ3n) is 2.08. The molecule has 0 radical (unpaired) electrons. The Morgan fingerprint density at radius 1 is 1.06 bits per heavy atom. The lowest BCUT2D eigenvalue weighted by Crippen LogP contribution is -1.99. The summed E-state index contributed by atoms with van der Waals surface area (Å²) in [7, 11) is 0. The maximum absolute atomic E-state index is 5.40. The molecule has 0 bridgehead atoms. The molecule has 0 aliphatic heterocycles. The van der Waals surface area contributed by atoms with E-state index in [0.717, 1.165) is 11.1 Å². The van der Waals surface area contributed by atoms with Crippen molar-refractivity contribution in [2.45, 2.75) is 0 Å². The maximum Gasteiger partial charge on any atom is 0.169 e. The smallest absolute Gasteiger partial charge is 0.169 e. The van der Waals surface area contributed by atoms with E-state index in [0.29, 0.717) is 10.6 Å². The summed E-state index contributed by atoms with van der Waals surface area (Å²) in [5, 5.41) is 0. The molecule has 16 heavy (non-hydrogen) atoms. The number of hydrogen-bond acceptors (Lipinski definition) is 2. The average Bonchev–Trinajstić information content (AvgIpc) is 2.30. The number of aliphatic imine (C=N–C) groups is 1. The van der Waals surface area contributed by atoms with E-state index in [9.17, 15) is 0 Å². The number of halogens is 1. The van der Waals surface area contributed by atoms with Crippen molar-refractivity contribution in [1.29, 1.82) is 0 Å². The van der Waals surface area contributed by atoms with Crippen LogP contribution in [0.15, 0.2) is 53.7 Å². The zero-order chi connectivity index (χ0) is 11.4. The fraction of sp³-hybridized carbons (Fsp3) is 0. The number of nitrogens with two attached hydrogens (primary N) is 1. The predicted octanol–water partition coefficient (Wildman–Crippen LogP) is 3.09. The lowest BCUT2D eigenvalue weighted by Gasteiger charge is -2.00. The van der Waals surface area contributed by atoms with Gasteiger partial charge in [0, 0.05) is 11.8 Å². The Hall–Kier alpha value is -1.68. The summed E-state index contributed by atoms with van der Waals surface area (Å²) in [5.74, 6) is 0.592. The van der Waals surface area contributed by atoms with Crippen molar-refractivity contribution >= 4 is 26.5 Å². The quantitative estimate of drug-likeness (QED) is 0.520. The van der Waals surface area contributed by atoms with Gasteiger partial charge < -0.3 is 5.73 Å². The van der Waals surface area contributed by atoms with Gasteiger partial charge in [-0.3, -0.25) is 0 Å². The van der Waals surface area contributed by atoms with Gasteiger partial charge in [-0.15, -0.1) is 0 Å². The van der Waals surface area contributed by atoms with Crippen LogP contribution in [-0.2, 0) is 0 Å². The minimum Gasteiger partial charge on any atom is -0.378 e. The molecule has 0 aliphatic carbocycles. The topological polar surface area (TPSA) is 51.3 Å². The zero-order valence-electron chi connectivity index (χ0n) is 8.47. The number of aromatic nitrogens is 1. The Morgan fingerprint density at radius 2 is 1.81 bits per heavy atom. The third kappa shape index (κ3) is 2.67. The molecule has 1 aromatic heterocycles. The van der Waals surface area contributed by atoms with E-state index in [1.54, 1.807) is 6.20 Å². The van der Waals surface area contributed by atoms with Crippen LogP contribution in [0, 0.1) is 0 Å². The number of hydrogen-bond donors (Lipinski definition) is 1. The maximum atomic E-state index is 5.40. The molecular formula is C12H10BrN3. The van der Waals surface area contributed by atoms with Gasteiger partial charge in [-0.25, -0.2) is 9.98 Å². The first-order valence-electron chi connectivity index (χ1n) is 4.77. The van der Waals surface area contributed by atoms with Crippen molar-refractivity contribution in [2.24, 2.45) is 10.7 Å². The van der Waals surface area contributed by atoms with Crippen LogP contribution < -0.4 is 5.73 Å². The first-order chi connectivity index (χ1) is 7.75. The van der Waals surface area contributed by atoms with Gasteiger partial charge in [-0.2, -0.15) is 0 Å². The molecule has 0 fully saturated rings. The SMILES string of the molecule is NC(Br)=Nc1ccc(-c2ccccc2)cn1. The number of nitrogens with zero attached hydrogens (tertiary/aromatic N) is 2. The summed E-state index contributed by atoms with van der Waals surface area (Å²) in [4.78, 5) is 8.19. The molecule has 1 heterocycles. The zero-order valence-corrected chi connectivity index (χ0v) is 10.1. The van der Waals surface area contributed by atoms with Crippen molar-refractivity contribution in [3.05, 3.63) is 48.7 Å². The molecule has 0 amide bonds. The average molecular weight is 276 g/mol. The van der Waals surface area contributed by atoms with E-state index in [1.807, 2.05) is 42.5 Å². The second-order valence-corrected chi connectivity index (χ2v) is 4.02. The molecule has 2 N–H and O–H groups in total. The van der Waals surface area contributed by atoms with E-state index in [1.165, 1.54) is 0 Å². The second-order valence-electron chi connectivity index (χ2n) is 3.21. The van der Waals surface area contributed by atoms with Crippen LogP contribution >= 0.6 is 15.9 Å². The predicted molar refractivity (Wildman–Crippen MR) is 69.9 cm³/mol. The van der Waals surface area contributed by atoms with E-state index >= 15 is 0 Å². The molecule has 0 unspecified atom stereocenters. The van der Waals surface area contributed by atoms with Crippen LogP contribution in [0.4, 0.5) is 5.82 Å². The van der Waals surface area contributed by atoms with Gasteiger partial charge in [0.05, 0.1) is 0 Å². The molecule has 1 aromatic carbocycles. The van der Waals surface area contributed by atoms with Gasteiger partial charge in [0.2, 0.25) is 0 Å². The van der Waals surface area contributed by atoms with Crippen molar-refractivity contribution in [1.82, 2.24) is 4.98 Å². The molecule has 2 aromatic rings. The highest BCUT2D eigenvalue weighted by Gasteiger charge is 1.97. The first-order valence-corrected chi connectivity index (χ1v) is 5.56. The summed E-state index contributed by atoms with van der Waals surface area (Å²) in [6.07, 6.45) is 1.78. The van der Waals surface area contributed by atoms with Gasteiger partial charge in [0.15, 0.2) is 10.6 Å². The molecule has 0 aliphatic rings. The number of rotatable bonds is 2. The van der Waals surface area contributed by atoms with Crippen LogP contribution in [0.5, 0.6) is 0 Å². The summed E-state index contributed by atoms with van der Waals surface area (Å²) in [6, 6.07) is 13.9. The standard InChI is InChI=1S/C12H10BrN3/c13-12(14)16-11-7-6-10(8-15-11)9-4-2-1-3-5-9/h1-8H,(H2,14,15,16). The van der Waals surface area contributed by atoms with Gasteiger partial charge in [0.1, 0.15) is 0 Å². The lowest BCUT2D eigenvalue weighted by atomic mass is 10.1. The van der Waals surface area contributed by atoms with Crippen LogP contribution in [0.2, 0.25) is 0 Å². The molecule has 2 rings (SSSR count). The van der Waals surface area contributed by atoms with Crippen LogP contribution in [0.25, 0.3) is 11.1 Å². The highest BCUT2D eigenvalue weighted by Crippen LogP contribution is 2.19. The van der Waals surface area contributed by atoms with Gasteiger partial charge in [0.25, 0.3) is 0 Å². The Morgan fingerprint density at radius 3 is 2.38 bits per heavy atom. The Labute approximate surface area is 102 Å². The van der Waals surface area contributed by atoms with E-state index in [2.05, 4.69) is 25.9 Å². The molecule has 0 spiro atoms. The Bertz CT molecular complexity index is 487. The van der Waals surface area contributed by atoms with Crippen molar-refractivity contribution in [2.75, 3.05) is 0 Å². The minimum absolute atomic E-state index is 0.326. The molecule has 3 nitrogen and oxygen atoms in total. The molecule has 0 saturated carbocycles. The fourth-order valence-electron chi connectivity index (χ4n) is 1.36. The minimum atomic E-state index is 0.326. The molecular weight excluding hydrogens is 266 g/mol. The van der Waals surface area contributed by atoms with Crippen molar-refractivity contribution in [3.8, 4) is 11.1 Å². The highest BCUT2D eigenvalue weighted by atomic mass is 79.9. The summed E-state index contributed by atoms with van der Waals surface area (Å²) in [6.45, 7) is 0. The summed E-state index contributed by atoms with van der Waals surface area (Å²) >= 11 is 3.06. The third-order valence-corrected chi connectivity index (χ3v) is 2.25. The lowest BCUT2D eigenvalue weighted by molar-refractivity contribution is 1.27. The molecule has 4 heteroatoms. The van der Waals surface area contributed by atoms with E-state index < -0.39 is 0 Å². The molecule has 0 saturated heterocycles. The first kappa shape index (κ1) is 10.8. The summed E-state index contributed by atoms with van der Waals surface area (Å²) in [5.41, 5.74) is 7.60. The highest BCUT2D eigenvalue weighted by molar-refractivity contribution is 9.18. The normalized spacial score (nSPS) is 11.4. The fourth-order valence-corrected chi connectivity index (χ4v) is 1.54. The monoisotopic (exact) mass is 275 g/mol. The largest absolute Gasteiger partial charge is 0.378 e. The molecule has 80 valence electrons.